The van der Waals surface area contributed by atoms with Crippen molar-refractivity contribution in [2.75, 3.05) is 11.4 Å². The predicted octanol–water partition coefficient (Wildman–Crippen LogP) is 5.95. The summed E-state index contributed by atoms with van der Waals surface area (Å²) in [5.41, 5.74) is 2.52. The Hall–Kier alpha value is -2.22. The lowest BCUT2D eigenvalue weighted by molar-refractivity contribution is 0.0986. The van der Waals surface area contributed by atoms with E-state index in [9.17, 15) is 4.79 Å². The number of fused-ring (bicyclic) bond motifs is 1. The first-order valence-electron chi connectivity index (χ1n) is 9.11. The summed E-state index contributed by atoms with van der Waals surface area (Å²) < 4.78 is 3.87. The number of benzene rings is 2. The van der Waals surface area contributed by atoms with Gasteiger partial charge in [0.2, 0.25) is 0 Å². The predicted molar refractivity (Wildman–Crippen MR) is 122 cm³/mol. The monoisotopic (exact) mass is 488 g/mol. The molecule has 2 aromatic heterocycles. The fourth-order valence-electron chi connectivity index (χ4n) is 3.06. The van der Waals surface area contributed by atoms with Gasteiger partial charge in [0, 0.05) is 30.0 Å². The maximum atomic E-state index is 13.4. The molecular weight excluding hydrogens is 472 g/mol. The highest BCUT2D eigenvalue weighted by molar-refractivity contribution is 9.10. The molecule has 0 aliphatic heterocycles. The Morgan fingerprint density at radius 2 is 2.14 bits per heavy atom. The third kappa shape index (κ3) is 4.52. The minimum Gasteiger partial charge on any atom is -0.337 e. The van der Waals surface area contributed by atoms with Gasteiger partial charge < -0.3 is 4.57 Å². The lowest BCUT2D eigenvalue weighted by atomic mass is 10.2. The average Bonchev–Trinajstić information content (AvgIpc) is 3.36. The van der Waals surface area contributed by atoms with E-state index in [1.54, 1.807) is 29.6 Å². The number of aryl methyl sites for hydroxylation is 2. The molecule has 4 rings (SSSR count). The summed E-state index contributed by atoms with van der Waals surface area (Å²) in [6.45, 7) is 3.34. The highest BCUT2D eigenvalue weighted by Gasteiger charge is 2.23. The normalized spacial score (nSPS) is 11.1. The first-order chi connectivity index (χ1) is 14.0. The van der Waals surface area contributed by atoms with E-state index in [0.29, 0.717) is 22.3 Å². The van der Waals surface area contributed by atoms with Crippen LogP contribution in [-0.2, 0) is 6.54 Å². The van der Waals surface area contributed by atoms with Gasteiger partial charge in [-0.05, 0) is 49.2 Å². The van der Waals surface area contributed by atoms with Crippen LogP contribution >= 0.6 is 38.9 Å². The van der Waals surface area contributed by atoms with Crippen LogP contribution < -0.4 is 4.90 Å². The van der Waals surface area contributed by atoms with Crippen LogP contribution in [0.2, 0.25) is 5.02 Å². The molecule has 0 unspecified atom stereocenters. The van der Waals surface area contributed by atoms with Gasteiger partial charge in [0.15, 0.2) is 5.13 Å². The zero-order chi connectivity index (χ0) is 20.4. The molecule has 0 fully saturated rings. The summed E-state index contributed by atoms with van der Waals surface area (Å²) in [6, 6.07) is 11.4. The van der Waals surface area contributed by atoms with Crippen molar-refractivity contribution >= 4 is 60.1 Å². The first-order valence-corrected chi connectivity index (χ1v) is 11.1. The highest BCUT2D eigenvalue weighted by atomic mass is 79.9. The van der Waals surface area contributed by atoms with Crippen LogP contribution in [0.1, 0.15) is 22.3 Å². The van der Waals surface area contributed by atoms with Gasteiger partial charge in [0.25, 0.3) is 5.91 Å². The molecule has 5 nitrogen and oxygen atoms in total. The third-order valence-corrected chi connectivity index (χ3v) is 6.39. The maximum Gasteiger partial charge on any atom is 0.261 e. The van der Waals surface area contributed by atoms with Gasteiger partial charge in [-0.2, -0.15) is 0 Å². The number of carbonyl (C=O) groups is 1. The molecule has 4 aromatic rings. The maximum absolute atomic E-state index is 13.4. The van der Waals surface area contributed by atoms with E-state index in [1.165, 1.54) is 16.9 Å². The average molecular weight is 490 g/mol. The number of hydrogen-bond acceptors (Lipinski definition) is 4. The van der Waals surface area contributed by atoms with Crippen molar-refractivity contribution in [2.45, 2.75) is 19.9 Å². The summed E-state index contributed by atoms with van der Waals surface area (Å²) in [6.07, 6.45) is 6.21. The Balaban J connectivity index is 1.67. The minimum absolute atomic E-state index is 0.155. The van der Waals surface area contributed by atoms with Gasteiger partial charge in [-0.3, -0.25) is 9.69 Å². The van der Waals surface area contributed by atoms with E-state index >= 15 is 0 Å². The lowest BCUT2D eigenvalue weighted by Crippen LogP contribution is -2.32. The molecular formula is C21H18BrClN4OS. The van der Waals surface area contributed by atoms with E-state index in [0.717, 1.165) is 27.7 Å². The van der Waals surface area contributed by atoms with Crippen LogP contribution in [0.5, 0.6) is 0 Å². The second kappa shape index (κ2) is 8.65. The molecule has 0 aliphatic rings. The first kappa shape index (κ1) is 20.1. The molecule has 29 heavy (non-hydrogen) atoms. The zero-order valence-corrected chi connectivity index (χ0v) is 18.8. The van der Waals surface area contributed by atoms with Crippen LogP contribution in [0.15, 0.2) is 59.6 Å². The molecule has 0 aliphatic carbocycles. The number of carbonyl (C=O) groups excluding carboxylic acids is 1. The number of hydrogen-bond donors (Lipinski definition) is 0. The molecule has 0 saturated heterocycles. The van der Waals surface area contributed by atoms with Gasteiger partial charge in [-0.1, -0.05) is 44.9 Å². The Morgan fingerprint density at radius 1 is 1.28 bits per heavy atom. The Bertz CT molecular complexity index is 1160. The number of aromatic nitrogens is 3. The molecule has 1 amide bonds. The third-order valence-electron chi connectivity index (χ3n) is 4.52. The number of anilines is 1. The SMILES string of the molecule is Cc1ccc2nc(N(CCCn3ccnc3)C(=O)c3cc(Br)ccc3Cl)sc2c1. The van der Waals surface area contributed by atoms with E-state index < -0.39 is 0 Å². The number of amides is 1. The van der Waals surface area contributed by atoms with Crippen molar-refractivity contribution in [3.05, 3.63) is 75.7 Å². The minimum atomic E-state index is -0.155. The van der Waals surface area contributed by atoms with Gasteiger partial charge in [0.1, 0.15) is 0 Å². The van der Waals surface area contributed by atoms with Crippen LogP contribution in [0.3, 0.4) is 0 Å². The Labute approximate surface area is 186 Å². The number of nitrogens with zero attached hydrogens (tertiary/aromatic N) is 4. The van der Waals surface area contributed by atoms with Crippen molar-refractivity contribution in [1.29, 1.82) is 0 Å². The Kier molecular flexibility index (Phi) is 5.99. The van der Waals surface area contributed by atoms with E-state index in [2.05, 4.69) is 27.0 Å². The molecule has 0 spiro atoms. The molecule has 148 valence electrons. The topological polar surface area (TPSA) is 51.0 Å². The zero-order valence-electron chi connectivity index (χ0n) is 15.7. The summed E-state index contributed by atoms with van der Waals surface area (Å²) in [5.74, 6) is -0.155. The fourth-order valence-corrected chi connectivity index (χ4v) is 4.70. The summed E-state index contributed by atoms with van der Waals surface area (Å²) in [7, 11) is 0. The molecule has 0 saturated carbocycles. The molecule has 8 heteroatoms. The lowest BCUT2D eigenvalue weighted by Gasteiger charge is -2.21. The van der Waals surface area contributed by atoms with Crippen molar-refractivity contribution in [1.82, 2.24) is 14.5 Å². The fraction of sp³-hybridized carbons (Fsp3) is 0.190. The van der Waals surface area contributed by atoms with Crippen molar-refractivity contribution in [3.8, 4) is 0 Å². The second-order valence-corrected chi connectivity index (χ2v) is 9.03. The number of rotatable bonds is 6. The summed E-state index contributed by atoms with van der Waals surface area (Å²) in [4.78, 5) is 23.9. The van der Waals surface area contributed by atoms with Gasteiger partial charge in [0.05, 0.1) is 27.1 Å². The molecule has 2 aromatic carbocycles. The number of thiazole rings is 1. The smallest absolute Gasteiger partial charge is 0.261 e. The second-order valence-electron chi connectivity index (χ2n) is 6.70. The van der Waals surface area contributed by atoms with Crippen LogP contribution in [0, 0.1) is 6.92 Å². The molecule has 0 radical (unpaired) electrons. The van der Waals surface area contributed by atoms with Crippen molar-refractivity contribution in [3.63, 3.8) is 0 Å². The van der Waals surface area contributed by atoms with E-state index in [4.69, 9.17) is 16.6 Å². The highest BCUT2D eigenvalue weighted by Crippen LogP contribution is 2.32. The summed E-state index contributed by atoms with van der Waals surface area (Å²) >= 11 is 11.3. The number of imidazole rings is 1. The number of halogens is 2. The quantitative estimate of drug-likeness (QED) is 0.336. The Morgan fingerprint density at radius 3 is 2.93 bits per heavy atom. The molecule has 0 N–H and O–H groups in total. The van der Waals surface area contributed by atoms with Crippen molar-refractivity contribution < 1.29 is 4.79 Å². The molecule has 2 heterocycles. The van der Waals surface area contributed by atoms with Crippen LogP contribution in [-0.4, -0.2) is 27.0 Å². The largest absolute Gasteiger partial charge is 0.337 e. The van der Waals surface area contributed by atoms with E-state index in [-0.39, 0.29) is 5.91 Å². The molecule has 0 atom stereocenters. The van der Waals surface area contributed by atoms with Gasteiger partial charge in [-0.15, -0.1) is 0 Å². The van der Waals surface area contributed by atoms with Crippen LogP contribution in [0.4, 0.5) is 5.13 Å². The van der Waals surface area contributed by atoms with Gasteiger partial charge >= 0.3 is 0 Å². The molecule has 0 bridgehead atoms. The standard InChI is InChI=1S/C21H18BrClN4OS/c1-14-3-6-18-19(11-14)29-21(25-18)27(9-2-8-26-10-7-24-13-26)20(28)16-12-15(22)4-5-17(16)23/h3-7,10-13H,2,8-9H2,1H3. The van der Waals surface area contributed by atoms with Crippen LogP contribution in [0.25, 0.3) is 10.2 Å². The van der Waals surface area contributed by atoms with Crippen molar-refractivity contribution in [2.24, 2.45) is 0 Å². The summed E-state index contributed by atoms with van der Waals surface area (Å²) in [5, 5.41) is 1.10. The van der Waals surface area contributed by atoms with Gasteiger partial charge in [-0.25, -0.2) is 9.97 Å². The van der Waals surface area contributed by atoms with E-state index in [1.807, 2.05) is 35.9 Å².